The van der Waals surface area contributed by atoms with Gasteiger partial charge in [0.1, 0.15) is 29.5 Å². The zero-order valence-corrected chi connectivity index (χ0v) is 19.1. The molecule has 0 spiro atoms. The molecule has 1 unspecified atom stereocenters. The number of halogens is 1. The number of benzene rings is 2. The first-order valence-electron chi connectivity index (χ1n) is 11.1. The van der Waals surface area contributed by atoms with Gasteiger partial charge in [-0.3, -0.25) is 4.79 Å². The molecular weight excluding hydrogens is 427 g/mol. The number of fused-ring (bicyclic) bond motifs is 1. The third-order valence-electron chi connectivity index (χ3n) is 5.98. The van der Waals surface area contributed by atoms with E-state index in [9.17, 15) is 14.3 Å². The number of hydrogen-bond acceptors (Lipinski definition) is 6. The first-order valence-corrected chi connectivity index (χ1v) is 11.1. The number of furan rings is 1. The van der Waals surface area contributed by atoms with E-state index in [0.717, 1.165) is 5.69 Å². The number of hydrogen-bond donors (Lipinski definition) is 2. The van der Waals surface area contributed by atoms with E-state index in [1.807, 2.05) is 13.0 Å². The van der Waals surface area contributed by atoms with Gasteiger partial charge in [0.25, 0.3) is 5.91 Å². The molecule has 2 aromatic carbocycles. The first kappa shape index (κ1) is 23.1. The Labute approximate surface area is 192 Å². The lowest BCUT2D eigenvalue weighted by molar-refractivity contribution is 0.00856. The van der Waals surface area contributed by atoms with Gasteiger partial charge < -0.3 is 29.2 Å². The number of anilines is 1. The number of rotatable bonds is 7. The van der Waals surface area contributed by atoms with Gasteiger partial charge in [-0.1, -0.05) is 6.92 Å². The van der Waals surface area contributed by atoms with Gasteiger partial charge in [-0.2, -0.15) is 0 Å². The van der Waals surface area contributed by atoms with Crippen molar-refractivity contribution in [2.24, 2.45) is 0 Å². The fourth-order valence-corrected chi connectivity index (χ4v) is 3.77. The summed E-state index contributed by atoms with van der Waals surface area (Å²) in [6.45, 7) is 6.26. The molecule has 176 valence electrons. The van der Waals surface area contributed by atoms with E-state index in [1.54, 1.807) is 32.2 Å². The van der Waals surface area contributed by atoms with Crippen molar-refractivity contribution in [2.45, 2.75) is 25.9 Å². The smallest absolute Gasteiger partial charge is 0.255 e. The van der Waals surface area contributed by atoms with Crippen molar-refractivity contribution in [3.63, 3.8) is 0 Å². The van der Waals surface area contributed by atoms with Crippen molar-refractivity contribution >= 4 is 22.6 Å². The van der Waals surface area contributed by atoms with Crippen LogP contribution in [0.3, 0.4) is 0 Å². The minimum atomic E-state index is -0.990. The van der Waals surface area contributed by atoms with Crippen molar-refractivity contribution in [1.29, 1.82) is 0 Å². The number of carbonyl (C=O) groups excluding carboxylic acids is 1. The molecule has 1 atom stereocenters. The second-order valence-corrected chi connectivity index (χ2v) is 8.45. The van der Waals surface area contributed by atoms with Gasteiger partial charge in [-0.15, -0.1) is 0 Å². The number of ether oxygens (including phenoxy) is 2. The minimum Gasteiger partial charge on any atom is -0.488 e. The highest BCUT2D eigenvalue weighted by molar-refractivity contribution is 6.12. The maximum absolute atomic E-state index is 13.5. The van der Waals surface area contributed by atoms with E-state index in [4.69, 9.17) is 13.9 Å². The van der Waals surface area contributed by atoms with Crippen LogP contribution in [0.25, 0.3) is 22.3 Å². The van der Waals surface area contributed by atoms with Gasteiger partial charge in [-0.25, -0.2) is 4.39 Å². The molecule has 2 N–H and O–H groups in total. The van der Waals surface area contributed by atoms with Gasteiger partial charge >= 0.3 is 0 Å². The van der Waals surface area contributed by atoms with Gasteiger partial charge in [-0.05, 0) is 43.7 Å². The molecule has 7 nitrogen and oxygen atoms in total. The molecule has 1 aliphatic heterocycles. The topological polar surface area (TPSA) is 84.2 Å². The van der Waals surface area contributed by atoms with Crippen molar-refractivity contribution < 1.29 is 28.2 Å². The molecule has 1 fully saturated rings. The molecule has 33 heavy (non-hydrogen) atoms. The molecule has 0 bridgehead atoms. The lowest BCUT2D eigenvalue weighted by Gasteiger charge is -2.31. The fourth-order valence-electron chi connectivity index (χ4n) is 3.77. The van der Waals surface area contributed by atoms with Crippen LogP contribution in [0.15, 0.2) is 40.8 Å². The molecule has 1 aromatic heterocycles. The number of aliphatic hydroxyl groups is 1. The van der Waals surface area contributed by atoms with E-state index in [2.05, 4.69) is 10.2 Å². The molecule has 8 heteroatoms. The SMILES string of the molecule is CCC(C)(O)COc1cc2c(C(=O)NC)c(-c3ccc(F)cc3)oc2cc1N1CCOCC1. The number of nitrogens with one attached hydrogen (secondary N) is 1. The predicted molar refractivity (Wildman–Crippen MR) is 124 cm³/mol. The normalized spacial score (nSPS) is 16.0. The Balaban J connectivity index is 1.88. The van der Waals surface area contributed by atoms with Crippen LogP contribution >= 0.6 is 0 Å². The van der Waals surface area contributed by atoms with Crippen LogP contribution in [0.1, 0.15) is 30.6 Å². The highest BCUT2D eigenvalue weighted by Gasteiger charge is 2.27. The summed E-state index contributed by atoms with van der Waals surface area (Å²) >= 11 is 0. The molecule has 2 heterocycles. The van der Waals surface area contributed by atoms with Crippen molar-refractivity contribution in [1.82, 2.24) is 5.32 Å². The Morgan fingerprint density at radius 2 is 1.94 bits per heavy atom. The van der Waals surface area contributed by atoms with Crippen LogP contribution in [0.5, 0.6) is 5.75 Å². The molecule has 0 saturated carbocycles. The summed E-state index contributed by atoms with van der Waals surface area (Å²) in [7, 11) is 1.55. The summed E-state index contributed by atoms with van der Waals surface area (Å²) in [5, 5.41) is 13.7. The van der Waals surface area contributed by atoms with E-state index >= 15 is 0 Å². The van der Waals surface area contributed by atoms with Crippen LogP contribution in [0, 0.1) is 5.82 Å². The molecular formula is C25H29FN2O5. The maximum Gasteiger partial charge on any atom is 0.255 e. The highest BCUT2D eigenvalue weighted by atomic mass is 19.1. The number of nitrogens with zero attached hydrogens (tertiary/aromatic N) is 1. The number of amides is 1. The second kappa shape index (κ2) is 9.41. The van der Waals surface area contributed by atoms with E-state index in [1.165, 1.54) is 12.1 Å². The quantitative estimate of drug-likeness (QED) is 0.560. The summed E-state index contributed by atoms with van der Waals surface area (Å²) in [6, 6.07) is 9.47. The van der Waals surface area contributed by atoms with E-state index in [0.29, 0.717) is 66.3 Å². The molecule has 1 aliphatic rings. The Kier molecular flexibility index (Phi) is 6.58. The number of morpholine rings is 1. The largest absolute Gasteiger partial charge is 0.488 e. The van der Waals surface area contributed by atoms with Crippen LogP contribution in [0.4, 0.5) is 10.1 Å². The highest BCUT2D eigenvalue weighted by Crippen LogP contribution is 2.41. The van der Waals surface area contributed by atoms with Crippen LogP contribution in [-0.2, 0) is 4.74 Å². The average molecular weight is 457 g/mol. The lowest BCUT2D eigenvalue weighted by atomic mass is 10.0. The molecule has 4 rings (SSSR count). The molecule has 3 aromatic rings. The monoisotopic (exact) mass is 456 g/mol. The van der Waals surface area contributed by atoms with E-state index < -0.39 is 5.60 Å². The third kappa shape index (κ3) is 4.82. The molecule has 1 amide bonds. The summed E-state index contributed by atoms with van der Waals surface area (Å²) in [4.78, 5) is 15.0. The summed E-state index contributed by atoms with van der Waals surface area (Å²) in [5.74, 6) is 0.216. The average Bonchev–Trinajstić information content (AvgIpc) is 3.21. The van der Waals surface area contributed by atoms with Gasteiger partial charge in [0.2, 0.25) is 0 Å². The van der Waals surface area contributed by atoms with E-state index in [-0.39, 0.29) is 18.3 Å². The van der Waals surface area contributed by atoms with Gasteiger partial charge in [0.15, 0.2) is 0 Å². The van der Waals surface area contributed by atoms with Gasteiger partial charge in [0.05, 0.1) is 30.1 Å². The Hall–Kier alpha value is -3.10. The molecule has 0 aliphatic carbocycles. The Morgan fingerprint density at radius 1 is 1.24 bits per heavy atom. The second-order valence-electron chi connectivity index (χ2n) is 8.45. The summed E-state index contributed by atoms with van der Waals surface area (Å²) in [6.07, 6.45) is 0.534. The van der Waals surface area contributed by atoms with Crippen LogP contribution in [0.2, 0.25) is 0 Å². The molecule has 0 radical (unpaired) electrons. The predicted octanol–water partition coefficient (Wildman–Crippen LogP) is 3.97. The zero-order valence-electron chi connectivity index (χ0n) is 19.1. The zero-order chi connectivity index (χ0) is 23.6. The maximum atomic E-state index is 13.5. The first-order chi connectivity index (χ1) is 15.8. The molecule has 1 saturated heterocycles. The minimum absolute atomic E-state index is 0.102. The third-order valence-corrected chi connectivity index (χ3v) is 5.98. The van der Waals surface area contributed by atoms with Crippen molar-refractivity contribution in [3.8, 4) is 17.1 Å². The Bertz CT molecular complexity index is 1130. The van der Waals surface area contributed by atoms with Crippen LogP contribution < -0.4 is 15.0 Å². The summed E-state index contributed by atoms with van der Waals surface area (Å²) in [5.41, 5.74) is 1.27. The Morgan fingerprint density at radius 3 is 2.58 bits per heavy atom. The fraction of sp³-hybridized carbons (Fsp3) is 0.400. The number of carbonyl (C=O) groups is 1. The van der Waals surface area contributed by atoms with Gasteiger partial charge in [0, 0.05) is 37.2 Å². The standard InChI is InChI=1S/C25H29FN2O5/c1-4-25(2,30)15-32-21-13-18-20(14-19(21)28-9-11-31-12-10-28)33-23(22(18)24(29)27-3)16-5-7-17(26)8-6-16/h5-8,13-14,30H,4,9-12,15H2,1-3H3,(H,27,29). The van der Waals surface area contributed by atoms with Crippen LogP contribution in [-0.4, -0.2) is 56.6 Å². The van der Waals surface area contributed by atoms with Crippen molar-refractivity contribution in [2.75, 3.05) is 44.9 Å². The lowest BCUT2D eigenvalue weighted by Crippen LogP contribution is -2.37. The summed E-state index contributed by atoms with van der Waals surface area (Å²) < 4.78 is 31.2. The van der Waals surface area contributed by atoms with Crippen molar-refractivity contribution in [3.05, 3.63) is 47.8 Å².